The van der Waals surface area contributed by atoms with Crippen molar-refractivity contribution in [3.05, 3.63) is 38.9 Å². The van der Waals surface area contributed by atoms with Crippen LogP contribution in [0.25, 0.3) is 0 Å². The Morgan fingerprint density at radius 3 is 2.94 bits per heavy atom. The molecule has 0 atom stereocenters. The van der Waals surface area contributed by atoms with E-state index in [4.69, 9.17) is 16.7 Å². The first-order valence-corrected chi connectivity index (χ1v) is 6.30. The smallest absolute Gasteiger partial charge is 0.335 e. The van der Waals surface area contributed by atoms with E-state index in [0.717, 1.165) is 9.88 Å². The molecule has 2 rings (SSSR count). The van der Waals surface area contributed by atoms with Crippen LogP contribution in [0.15, 0.2) is 18.3 Å². The Morgan fingerprint density at radius 1 is 1.56 bits per heavy atom. The summed E-state index contributed by atoms with van der Waals surface area (Å²) in [7, 11) is 0. The SMILES string of the molecule is Cc1ncc(CNc2cc(C(=O)O)cc(Cl)n2)s1. The fraction of sp³-hybridized carbons (Fsp3) is 0.182. The quantitative estimate of drug-likeness (QED) is 0.844. The highest BCUT2D eigenvalue weighted by Crippen LogP contribution is 2.17. The van der Waals surface area contributed by atoms with E-state index in [-0.39, 0.29) is 10.7 Å². The number of nitrogens with one attached hydrogen (secondary N) is 1. The summed E-state index contributed by atoms with van der Waals surface area (Å²) in [5.41, 5.74) is 0.109. The van der Waals surface area contributed by atoms with Gasteiger partial charge in [0.2, 0.25) is 0 Å². The van der Waals surface area contributed by atoms with Gasteiger partial charge in [0.25, 0.3) is 0 Å². The summed E-state index contributed by atoms with van der Waals surface area (Å²) in [6.45, 7) is 2.46. The lowest BCUT2D eigenvalue weighted by Gasteiger charge is -2.05. The van der Waals surface area contributed by atoms with Crippen LogP contribution in [-0.2, 0) is 6.54 Å². The molecule has 0 bridgehead atoms. The van der Waals surface area contributed by atoms with Crippen LogP contribution in [0.4, 0.5) is 5.82 Å². The molecule has 7 heteroatoms. The molecular formula is C11H10ClN3O2S. The van der Waals surface area contributed by atoms with Crippen molar-refractivity contribution in [2.24, 2.45) is 0 Å². The monoisotopic (exact) mass is 283 g/mol. The van der Waals surface area contributed by atoms with Gasteiger partial charge in [-0.2, -0.15) is 0 Å². The summed E-state index contributed by atoms with van der Waals surface area (Å²) in [5, 5.41) is 13.1. The second-order valence-corrected chi connectivity index (χ2v) is 5.27. The zero-order chi connectivity index (χ0) is 13.1. The van der Waals surface area contributed by atoms with Crippen molar-refractivity contribution >= 4 is 34.7 Å². The number of nitrogens with zero attached hydrogens (tertiary/aromatic N) is 2. The summed E-state index contributed by atoms with van der Waals surface area (Å²) >= 11 is 7.33. The standard InChI is InChI=1S/C11H10ClN3O2S/c1-6-13-4-8(18-6)5-14-10-3-7(11(16)17)2-9(12)15-10/h2-4H,5H2,1H3,(H,14,15)(H,16,17). The van der Waals surface area contributed by atoms with Gasteiger partial charge in [0, 0.05) is 11.1 Å². The highest BCUT2D eigenvalue weighted by atomic mass is 35.5. The van der Waals surface area contributed by atoms with Crippen LogP contribution in [0.5, 0.6) is 0 Å². The average molecular weight is 284 g/mol. The predicted molar refractivity (Wildman–Crippen MR) is 70.4 cm³/mol. The zero-order valence-corrected chi connectivity index (χ0v) is 11.0. The molecule has 2 N–H and O–H groups in total. The van der Waals surface area contributed by atoms with Gasteiger partial charge < -0.3 is 10.4 Å². The van der Waals surface area contributed by atoms with E-state index in [0.29, 0.717) is 12.4 Å². The van der Waals surface area contributed by atoms with E-state index >= 15 is 0 Å². The second-order valence-electron chi connectivity index (χ2n) is 3.57. The van der Waals surface area contributed by atoms with E-state index in [2.05, 4.69) is 15.3 Å². The van der Waals surface area contributed by atoms with Crippen LogP contribution in [0.3, 0.4) is 0 Å². The number of hydrogen-bond donors (Lipinski definition) is 2. The van der Waals surface area contributed by atoms with Crippen molar-refractivity contribution in [2.45, 2.75) is 13.5 Å². The molecule has 0 fully saturated rings. The van der Waals surface area contributed by atoms with E-state index in [1.165, 1.54) is 12.1 Å². The first kappa shape index (κ1) is 12.8. The normalized spacial score (nSPS) is 10.3. The molecule has 2 aromatic rings. The van der Waals surface area contributed by atoms with Gasteiger partial charge in [0.15, 0.2) is 0 Å². The molecule has 18 heavy (non-hydrogen) atoms. The van der Waals surface area contributed by atoms with Gasteiger partial charge in [0.05, 0.1) is 17.1 Å². The molecule has 0 unspecified atom stereocenters. The largest absolute Gasteiger partial charge is 0.478 e. The number of carboxylic acids is 1. The number of hydrogen-bond acceptors (Lipinski definition) is 5. The van der Waals surface area contributed by atoms with Gasteiger partial charge in [-0.05, 0) is 19.1 Å². The van der Waals surface area contributed by atoms with Crippen molar-refractivity contribution in [3.8, 4) is 0 Å². The summed E-state index contributed by atoms with van der Waals surface area (Å²) in [5.74, 6) is -0.595. The Bertz CT molecular complexity index is 585. The summed E-state index contributed by atoms with van der Waals surface area (Å²) in [4.78, 5) is 20.1. The second kappa shape index (κ2) is 5.32. The number of carboxylic acid groups (broad SMARTS) is 1. The van der Waals surface area contributed by atoms with Gasteiger partial charge in [-0.15, -0.1) is 11.3 Å². The number of aromatic nitrogens is 2. The third kappa shape index (κ3) is 3.18. The van der Waals surface area contributed by atoms with E-state index in [9.17, 15) is 4.79 Å². The first-order valence-electron chi connectivity index (χ1n) is 5.10. The molecule has 94 valence electrons. The van der Waals surface area contributed by atoms with Crippen LogP contribution in [0.1, 0.15) is 20.2 Å². The maximum Gasteiger partial charge on any atom is 0.335 e. The summed E-state index contributed by atoms with van der Waals surface area (Å²) < 4.78 is 0. The Morgan fingerprint density at radius 2 is 2.33 bits per heavy atom. The van der Waals surface area contributed by atoms with Crippen molar-refractivity contribution < 1.29 is 9.90 Å². The number of pyridine rings is 1. The molecule has 0 spiro atoms. The van der Waals surface area contributed by atoms with Crippen LogP contribution in [0, 0.1) is 6.92 Å². The van der Waals surface area contributed by atoms with Crippen molar-refractivity contribution in [1.82, 2.24) is 9.97 Å². The van der Waals surface area contributed by atoms with E-state index in [1.807, 2.05) is 6.92 Å². The molecule has 2 aromatic heterocycles. The Hall–Kier alpha value is -1.66. The number of thiazole rings is 1. The van der Waals surface area contributed by atoms with Crippen LogP contribution in [-0.4, -0.2) is 21.0 Å². The van der Waals surface area contributed by atoms with Gasteiger partial charge in [0.1, 0.15) is 11.0 Å². The Kier molecular flexibility index (Phi) is 3.78. The Balaban J connectivity index is 2.11. The number of anilines is 1. The van der Waals surface area contributed by atoms with E-state index in [1.54, 1.807) is 17.5 Å². The lowest BCUT2D eigenvalue weighted by molar-refractivity contribution is 0.0697. The van der Waals surface area contributed by atoms with Crippen molar-refractivity contribution in [1.29, 1.82) is 0 Å². The molecular weight excluding hydrogens is 274 g/mol. The summed E-state index contributed by atoms with van der Waals surface area (Å²) in [6, 6.07) is 2.76. The van der Waals surface area contributed by atoms with Gasteiger partial charge in [-0.1, -0.05) is 11.6 Å². The van der Waals surface area contributed by atoms with Crippen molar-refractivity contribution in [2.75, 3.05) is 5.32 Å². The molecule has 2 heterocycles. The maximum atomic E-state index is 10.9. The Labute approximate surface area is 112 Å². The minimum atomic E-state index is -1.03. The molecule has 0 aliphatic carbocycles. The lowest BCUT2D eigenvalue weighted by Crippen LogP contribution is -2.03. The number of carbonyl (C=O) groups is 1. The topological polar surface area (TPSA) is 75.1 Å². The summed E-state index contributed by atoms with van der Waals surface area (Å²) in [6.07, 6.45) is 1.77. The van der Waals surface area contributed by atoms with Crippen LogP contribution in [0.2, 0.25) is 5.15 Å². The van der Waals surface area contributed by atoms with Crippen molar-refractivity contribution in [3.63, 3.8) is 0 Å². The molecule has 0 radical (unpaired) electrons. The average Bonchev–Trinajstić information content (AvgIpc) is 2.72. The first-order chi connectivity index (χ1) is 8.54. The maximum absolute atomic E-state index is 10.9. The van der Waals surface area contributed by atoms with Gasteiger partial charge >= 0.3 is 5.97 Å². The lowest BCUT2D eigenvalue weighted by atomic mass is 10.2. The minimum Gasteiger partial charge on any atom is -0.478 e. The fourth-order valence-electron chi connectivity index (χ4n) is 1.38. The molecule has 0 saturated carbocycles. The van der Waals surface area contributed by atoms with Crippen LogP contribution < -0.4 is 5.32 Å². The minimum absolute atomic E-state index is 0.109. The molecule has 5 nitrogen and oxygen atoms in total. The third-order valence-electron chi connectivity index (χ3n) is 2.15. The highest BCUT2D eigenvalue weighted by Gasteiger charge is 2.07. The predicted octanol–water partition coefficient (Wildman–Crippen LogP) is 2.81. The van der Waals surface area contributed by atoms with E-state index < -0.39 is 5.97 Å². The molecule has 0 saturated heterocycles. The third-order valence-corrected chi connectivity index (χ3v) is 3.26. The molecule has 0 aliphatic rings. The highest BCUT2D eigenvalue weighted by molar-refractivity contribution is 7.11. The number of halogens is 1. The number of rotatable bonds is 4. The van der Waals surface area contributed by atoms with Crippen LogP contribution >= 0.6 is 22.9 Å². The fourth-order valence-corrected chi connectivity index (χ4v) is 2.32. The molecule has 0 aliphatic heterocycles. The molecule has 0 amide bonds. The number of aromatic carboxylic acids is 1. The van der Waals surface area contributed by atoms with Gasteiger partial charge in [-0.25, -0.2) is 14.8 Å². The number of aryl methyl sites for hydroxylation is 1. The van der Waals surface area contributed by atoms with Gasteiger partial charge in [-0.3, -0.25) is 0 Å². The zero-order valence-electron chi connectivity index (χ0n) is 9.48. The molecule has 0 aromatic carbocycles.